The van der Waals surface area contributed by atoms with Crippen molar-refractivity contribution >= 4 is 11.8 Å². The molecule has 0 bridgehead atoms. The van der Waals surface area contributed by atoms with Gasteiger partial charge >= 0.3 is 0 Å². The number of carbonyl (C=O) groups is 2. The summed E-state index contributed by atoms with van der Waals surface area (Å²) in [5.74, 6) is -0.0898. The van der Waals surface area contributed by atoms with E-state index in [1.54, 1.807) is 16.8 Å². The summed E-state index contributed by atoms with van der Waals surface area (Å²) in [6.07, 6.45) is 0.841. The van der Waals surface area contributed by atoms with E-state index in [1.165, 1.54) is 0 Å². The fourth-order valence-electron chi connectivity index (χ4n) is 2.67. The van der Waals surface area contributed by atoms with Crippen molar-refractivity contribution in [3.05, 3.63) is 0 Å². The van der Waals surface area contributed by atoms with Gasteiger partial charge in [-0.3, -0.25) is 9.59 Å². The summed E-state index contributed by atoms with van der Waals surface area (Å²) in [6, 6.07) is 0.0774. The van der Waals surface area contributed by atoms with Gasteiger partial charge in [-0.2, -0.15) is 0 Å². The molecule has 0 saturated carbocycles. The van der Waals surface area contributed by atoms with Crippen LogP contribution in [0.25, 0.3) is 0 Å². The summed E-state index contributed by atoms with van der Waals surface area (Å²) in [6.45, 7) is 5.45. The molecule has 6 heteroatoms. The molecule has 2 atom stereocenters. The molecular formula is C13H23N3O3. The van der Waals surface area contributed by atoms with E-state index in [2.05, 4.69) is 5.32 Å². The van der Waals surface area contributed by atoms with Crippen LogP contribution in [0.5, 0.6) is 0 Å². The molecule has 19 heavy (non-hydrogen) atoms. The van der Waals surface area contributed by atoms with E-state index in [1.807, 2.05) is 6.92 Å². The Bertz CT molecular complexity index is 348. The van der Waals surface area contributed by atoms with Gasteiger partial charge in [-0.25, -0.2) is 0 Å². The second-order valence-corrected chi connectivity index (χ2v) is 5.24. The lowest BCUT2D eigenvalue weighted by Gasteiger charge is -2.25. The molecule has 6 nitrogen and oxygen atoms in total. The van der Waals surface area contributed by atoms with Crippen molar-refractivity contribution in [1.29, 1.82) is 0 Å². The average Bonchev–Trinajstić information content (AvgIpc) is 2.78. The first kappa shape index (κ1) is 14.3. The Morgan fingerprint density at radius 3 is 2.95 bits per heavy atom. The van der Waals surface area contributed by atoms with Gasteiger partial charge in [-0.15, -0.1) is 0 Å². The number of carbonyl (C=O) groups excluding carboxylic acids is 2. The molecule has 2 unspecified atom stereocenters. The highest BCUT2D eigenvalue weighted by Gasteiger charge is 2.37. The Kier molecular flexibility index (Phi) is 4.76. The first-order chi connectivity index (χ1) is 9.13. The van der Waals surface area contributed by atoms with Gasteiger partial charge in [-0.05, 0) is 13.0 Å². The third-order valence-corrected chi connectivity index (χ3v) is 3.85. The van der Waals surface area contributed by atoms with Crippen LogP contribution >= 0.6 is 0 Å². The van der Waals surface area contributed by atoms with Gasteiger partial charge in [0.25, 0.3) is 0 Å². The van der Waals surface area contributed by atoms with E-state index in [4.69, 9.17) is 4.74 Å². The Balaban J connectivity index is 2.00. The van der Waals surface area contributed by atoms with E-state index in [9.17, 15) is 9.59 Å². The number of hydrogen-bond donors (Lipinski definition) is 1. The van der Waals surface area contributed by atoms with E-state index in [0.29, 0.717) is 19.8 Å². The lowest BCUT2D eigenvalue weighted by atomic mass is 10.0. The van der Waals surface area contributed by atoms with Crippen molar-refractivity contribution < 1.29 is 14.3 Å². The number of hydrogen-bond acceptors (Lipinski definition) is 4. The van der Waals surface area contributed by atoms with Crippen molar-refractivity contribution in [2.24, 2.45) is 5.92 Å². The fourth-order valence-corrected chi connectivity index (χ4v) is 2.67. The zero-order chi connectivity index (χ0) is 13.8. The van der Waals surface area contributed by atoms with E-state index < -0.39 is 0 Å². The molecule has 108 valence electrons. The van der Waals surface area contributed by atoms with Gasteiger partial charge in [0.1, 0.15) is 0 Å². The molecule has 2 aliphatic heterocycles. The average molecular weight is 269 g/mol. The molecule has 2 saturated heterocycles. The zero-order valence-corrected chi connectivity index (χ0v) is 11.7. The Hall–Kier alpha value is -1.14. The second kappa shape index (κ2) is 6.34. The normalized spacial score (nSPS) is 28.6. The molecule has 0 aliphatic carbocycles. The lowest BCUT2D eigenvalue weighted by Crippen LogP contribution is -2.47. The van der Waals surface area contributed by atoms with Crippen LogP contribution in [0.1, 0.15) is 13.3 Å². The van der Waals surface area contributed by atoms with Crippen LogP contribution in [0.2, 0.25) is 0 Å². The minimum atomic E-state index is -0.156. The monoisotopic (exact) mass is 269 g/mol. The van der Waals surface area contributed by atoms with Gasteiger partial charge in [0.15, 0.2) is 0 Å². The van der Waals surface area contributed by atoms with Crippen LogP contribution in [0.15, 0.2) is 0 Å². The highest BCUT2D eigenvalue weighted by atomic mass is 16.5. The Morgan fingerprint density at radius 2 is 2.21 bits per heavy atom. The molecule has 2 fully saturated rings. The third-order valence-electron chi connectivity index (χ3n) is 3.85. The van der Waals surface area contributed by atoms with Gasteiger partial charge in [0, 0.05) is 26.2 Å². The van der Waals surface area contributed by atoms with Crippen molar-refractivity contribution in [2.45, 2.75) is 19.4 Å². The molecule has 2 rings (SSSR count). The second-order valence-electron chi connectivity index (χ2n) is 5.24. The molecule has 2 aliphatic rings. The van der Waals surface area contributed by atoms with Crippen LogP contribution in [0, 0.1) is 5.92 Å². The minimum absolute atomic E-state index is 0.0183. The number of ether oxygens (including phenoxy) is 1. The molecule has 0 aromatic carbocycles. The third kappa shape index (κ3) is 3.25. The number of nitrogens with one attached hydrogen (secondary N) is 1. The summed E-state index contributed by atoms with van der Waals surface area (Å²) in [5.41, 5.74) is 0. The molecule has 2 amide bonds. The van der Waals surface area contributed by atoms with E-state index >= 15 is 0 Å². The Labute approximate surface area is 114 Å². The Morgan fingerprint density at radius 1 is 1.42 bits per heavy atom. The van der Waals surface area contributed by atoms with Gasteiger partial charge in [0.2, 0.25) is 11.8 Å². The number of nitrogens with zero attached hydrogens (tertiary/aromatic N) is 2. The topological polar surface area (TPSA) is 61.9 Å². The minimum Gasteiger partial charge on any atom is -0.379 e. The van der Waals surface area contributed by atoms with E-state index in [0.717, 1.165) is 19.5 Å². The largest absolute Gasteiger partial charge is 0.379 e. The molecule has 0 spiro atoms. The molecular weight excluding hydrogens is 246 g/mol. The van der Waals surface area contributed by atoms with Gasteiger partial charge < -0.3 is 19.9 Å². The predicted molar refractivity (Wildman–Crippen MR) is 70.6 cm³/mol. The highest BCUT2D eigenvalue weighted by molar-refractivity contribution is 5.86. The molecule has 1 N–H and O–H groups in total. The predicted octanol–water partition coefficient (Wildman–Crippen LogP) is -0.698. The van der Waals surface area contributed by atoms with Crippen LogP contribution in [-0.4, -0.2) is 74.1 Å². The summed E-state index contributed by atoms with van der Waals surface area (Å²) in [7, 11) is 1.79. The SMILES string of the molecule is CCNC1COCC1C(=O)N1CCCN(C)C(=O)C1. The van der Waals surface area contributed by atoms with Gasteiger partial charge in [0.05, 0.1) is 25.7 Å². The molecule has 0 aromatic rings. The van der Waals surface area contributed by atoms with Crippen LogP contribution in [0.3, 0.4) is 0 Å². The number of amides is 2. The van der Waals surface area contributed by atoms with Crippen LogP contribution in [0.4, 0.5) is 0 Å². The van der Waals surface area contributed by atoms with Crippen molar-refractivity contribution in [2.75, 3.05) is 46.4 Å². The highest BCUT2D eigenvalue weighted by Crippen LogP contribution is 2.18. The molecule has 0 radical (unpaired) electrons. The quantitative estimate of drug-likeness (QED) is 0.736. The fraction of sp³-hybridized carbons (Fsp3) is 0.846. The van der Waals surface area contributed by atoms with Crippen molar-refractivity contribution in [3.63, 3.8) is 0 Å². The number of likely N-dealkylation sites (N-methyl/N-ethyl adjacent to an activating group) is 2. The first-order valence-corrected chi connectivity index (χ1v) is 6.97. The van der Waals surface area contributed by atoms with Crippen LogP contribution in [-0.2, 0) is 14.3 Å². The maximum atomic E-state index is 12.5. The van der Waals surface area contributed by atoms with E-state index in [-0.39, 0.29) is 30.3 Å². The summed E-state index contributed by atoms with van der Waals surface area (Å²) >= 11 is 0. The standard InChI is InChI=1S/C13H23N3O3/c1-3-14-11-9-19-8-10(11)13(18)16-6-4-5-15(2)12(17)7-16/h10-11,14H,3-9H2,1-2H3. The zero-order valence-electron chi connectivity index (χ0n) is 11.7. The maximum Gasteiger partial charge on any atom is 0.241 e. The number of rotatable bonds is 3. The summed E-state index contributed by atoms with van der Waals surface area (Å²) in [5, 5.41) is 3.28. The summed E-state index contributed by atoms with van der Waals surface area (Å²) < 4.78 is 5.41. The molecule has 2 heterocycles. The smallest absolute Gasteiger partial charge is 0.241 e. The maximum absolute atomic E-state index is 12.5. The van der Waals surface area contributed by atoms with Crippen LogP contribution < -0.4 is 5.32 Å². The lowest BCUT2D eigenvalue weighted by molar-refractivity contribution is -0.141. The van der Waals surface area contributed by atoms with Crippen molar-refractivity contribution in [1.82, 2.24) is 15.1 Å². The van der Waals surface area contributed by atoms with Crippen molar-refractivity contribution in [3.8, 4) is 0 Å². The van der Waals surface area contributed by atoms with Gasteiger partial charge in [-0.1, -0.05) is 6.92 Å². The molecule has 0 aromatic heterocycles. The summed E-state index contributed by atoms with van der Waals surface area (Å²) in [4.78, 5) is 27.7. The first-order valence-electron chi connectivity index (χ1n) is 6.97.